The number of Topliss-reactive ketones (excluding diaryl/α,β-unsaturated/α-hetero) is 1. The monoisotopic (exact) mass is 260 g/mol. The molecule has 6 heteroatoms. The number of ketones is 1. The zero-order chi connectivity index (χ0) is 14.0. The minimum absolute atomic E-state index is 0.121. The summed E-state index contributed by atoms with van der Waals surface area (Å²) in [6.45, 7) is 3.83. The summed E-state index contributed by atoms with van der Waals surface area (Å²) in [5.41, 5.74) is 3.03. The minimum atomic E-state index is -0.121. The Morgan fingerprint density at radius 3 is 2.58 bits per heavy atom. The van der Waals surface area contributed by atoms with Crippen LogP contribution in [-0.4, -0.2) is 32.6 Å². The van der Waals surface area contributed by atoms with Crippen LogP contribution in [0.25, 0.3) is 0 Å². The number of aryl methyl sites for hydroxylation is 2. The van der Waals surface area contributed by atoms with E-state index in [-0.39, 0.29) is 23.8 Å². The first-order valence-electron chi connectivity index (χ1n) is 5.91. The SMILES string of the molecule is COc1nccnc1C(=O)Cc1c(C)nn(C)c1C. The number of ether oxygens (including phenoxy) is 1. The fraction of sp³-hybridized carbons (Fsp3) is 0.385. The van der Waals surface area contributed by atoms with E-state index in [0.29, 0.717) is 0 Å². The Kier molecular flexibility index (Phi) is 3.59. The maximum atomic E-state index is 12.3. The van der Waals surface area contributed by atoms with Crippen LogP contribution in [0.2, 0.25) is 0 Å². The molecule has 0 aromatic carbocycles. The number of hydrogen-bond donors (Lipinski definition) is 0. The number of carbonyl (C=O) groups is 1. The lowest BCUT2D eigenvalue weighted by Gasteiger charge is -2.05. The molecule has 0 fully saturated rings. The van der Waals surface area contributed by atoms with E-state index >= 15 is 0 Å². The third-order valence-corrected chi connectivity index (χ3v) is 3.12. The van der Waals surface area contributed by atoms with Crippen molar-refractivity contribution in [3.05, 3.63) is 35.0 Å². The zero-order valence-electron chi connectivity index (χ0n) is 11.5. The topological polar surface area (TPSA) is 69.9 Å². The van der Waals surface area contributed by atoms with Gasteiger partial charge in [0.25, 0.3) is 0 Å². The molecule has 0 saturated carbocycles. The fourth-order valence-corrected chi connectivity index (χ4v) is 1.98. The number of aromatic nitrogens is 4. The lowest BCUT2D eigenvalue weighted by Crippen LogP contribution is -2.10. The van der Waals surface area contributed by atoms with Crippen LogP contribution < -0.4 is 4.74 Å². The standard InChI is InChI=1S/C13H16N4O2/c1-8-10(9(2)17(3)16-8)7-11(18)12-13(19-4)15-6-5-14-12/h5-6H,7H2,1-4H3. The molecule has 0 amide bonds. The van der Waals surface area contributed by atoms with Gasteiger partial charge in [0.2, 0.25) is 5.88 Å². The Morgan fingerprint density at radius 1 is 1.32 bits per heavy atom. The maximum absolute atomic E-state index is 12.3. The third-order valence-electron chi connectivity index (χ3n) is 3.12. The molecule has 2 rings (SSSR count). The van der Waals surface area contributed by atoms with Gasteiger partial charge in [-0.15, -0.1) is 0 Å². The second-order valence-corrected chi connectivity index (χ2v) is 4.29. The van der Waals surface area contributed by atoms with E-state index in [0.717, 1.165) is 17.0 Å². The predicted octanol–water partition coefficient (Wildman–Crippen LogP) is 1.26. The largest absolute Gasteiger partial charge is 0.479 e. The summed E-state index contributed by atoms with van der Waals surface area (Å²) in [6, 6.07) is 0. The van der Waals surface area contributed by atoms with Gasteiger partial charge in [-0.2, -0.15) is 5.10 Å². The number of rotatable bonds is 4. The van der Waals surface area contributed by atoms with Crippen molar-refractivity contribution < 1.29 is 9.53 Å². The second kappa shape index (κ2) is 5.17. The van der Waals surface area contributed by atoms with Gasteiger partial charge in [0.15, 0.2) is 11.5 Å². The van der Waals surface area contributed by atoms with Crippen molar-refractivity contribution in [1.82, 2.24) is 19.7 Å². The van der Waals surface area contributed by atoms with E-state index in [1.54, 1.807) is 4.68 Å². The van der Waals surface area contributed by atoms with Crippen molar-refractivity contribution in [1.29, 1.82) is 0 Å². The molecule has 0 aliphatic carbocycles. The summed E-state index contributed by atoms with van der Waals surface area (Å²) in [4.78, 5) is 20.3. The number of carbonyl (C=O) groups excluding carboxylic acids is 1. The lowest BCUT2D eigenvalue weighted by molar-refractivity contribution is 0.0983. The van der Waals surface area contributed by atoms with Crippen molar-refractivity contribution in [2.24, 2.45) is 7.05 Å². The summed E-state index contributed by atoms with van der Waals surface area (Å²) >= 11 is 0. The van der Waals surface area contributed by atoms with Crippen molar-refractivity contribution >= 4 is 5.78 Å². The first-order chi connectivity index (χ1) is 9.04. The van der Waals surface area contributed by atoms with Gasteiger partial charge in [0.1, 0.15) is 0 Å². The minimum Gasteiger partial charge on any atom is -0.479 e. The van der Waals surface area contributed by atoms with Gasteiger partial charge in [-0.3, -0.25) is 9.48 Å². The van der Waals surface area contributed by atoms with Crippen LogP contribution in [-0.2, 0) is 13.5 Å². The van der Waals surface area contributed by atoms with Crippen LogP contribution in [0.1, 0.15) is 27.4 Å². The summed E-state index contributed by atoms with van der Waals surface area (Å²) < 4.78 is 6.82. The normalized spacial score (nSPS) is 10.5. The molecule has 0 aliphatic heterocycles. The van der Waals surface area contributed by atoms with Gasteiger partial charge in [-0.05, 0) is 13.8 Å². The summed E-state index contributed by atoms with van der Waals surface area (Å²) in [5, 5.41) is 4.30. The van der Waals surface area contributed by atoms with E-state index in [4.69, 9.17) is 4.74 Å². The number of methoxy groups -OCH3 is 1. The fourth-order valence-electron chi connectivity index (χ4n) is 1.98. The van der Waals surface area contributed by atoms with Crippen molar-refractivity contribution in [3.63, 3.8) is 0 Å². The first kappa shape index (κ1) is 13.2. The highest BCUT2D eigenvalue weighted by Crippen LogP contribution is 2.18. The summed E-state index contributed by atoms with van der Waals surface area (Å²) in [5.74, 6) is 0.135. The highest BCUT2D eigenvalue weighted by Gasteiger charge is 2.19. The molecule has 0 bridgehead atoms. The van der Waals surface area contributed by atoms with Gasteiger partial charge in [-0.25, -0.2) is 9.97 Å². The number of hydrogen-bond acceptors (Lipinski definition) is 5. The first-order valence-corrected chi connectivity index (χ1v) is 5.91. The molecule has 0 unspecified atom stereocenters. The van der Waals surface area contributed by atoms with Crippen molar-refractivity contribution in [2.75, 3.05) is 7.11 Å². The van der Waals surface area contributed by atoms with E-state index in [1.807, 2.05) is 20.9 Å². The summed E-state index contributed by atoms with van der Waals surface area (Å²) in [7, 11) is 3.33. The Bertz CT molecular complexity index is 619. The van der Waals surface area contributed by atoms with Gasteiger partial charge in [0, 0.05) is 37.1 Å². The predicted molar refractivity (Wildman–Crippen MR) is 69.3 cm³/mol. The van der Waals surface area contributed by atoms with Crippen molar-refractivity contribution in [2.45, 2.75) is 20.3 Å². The van der Waals surface area contributed by atoms with Gasteiger partial charge in [-0.1, -0.05) is 0 Å². The Hall–Kier alpha value is -2.24. The van der Waals surface area contributed by atoms with E-state index in [2.05, 4.69) is 15.1 Å². The average molecular weight is 260 g/mol. The van der Waals surface area contributed by atoms with E-state index in [1.165, 1.54) is 19.5 Å². The van der Waals surface area contributed by atoms with Crippen molar-refractivity contribution in [3.8, 4) is 5.88 Å². The number of nitrogens with zero attached hydrogens (tertiary/aromatic N) is 4. The molecule has 0 atom stereocenters. The molecule has 0 saturated heterocycles. The molecule has 0 spiro atoms. The Labute approximate surface area is 111 Å². The molecule has 6 nitrogen and oxygen atoms in total. The van der Waals surface area contributed by atoms with Crippen LogP contribution in [0.15, 0.2) is 12.4 Å². The van der Waals surface area contributed by atoms with Gasteiger partial charge >= 0.3 is 0 Å². The molecule has 0 N–H and O–H groups in total. The Morgan fingerprint density at radius 2 is 2.00 bits per heavy atom. The lowest BCUT2D eigenvalue weighted by atomic mass is 10.1. The molecule has 2 aromatic rings. The molecule has 2 heterocycles. The molecule has 0 radical (unpaired) electrons. The molecule has 0 aliphatic rings. The van der Waals surface area contributed by atoms with Crippen LogP contribution in [0, 0.1) is 13.8 Å². The molecular formula is C13H16N4O2. The quantitative estimate of drug-likeness (QED) is 0.774. The summed E-state index contributed by atoms with van der Waals surface area (Å²) in [6.07, 6.45) is 3.23. The maximum Gasteiger partial charge on any atom is 0.243 e. The highest BCUT2D eigenvalue weighted by molar-refractivity contribution is 5.97. The van der Waals surface area contributed by atoms with Gasteiger partial charge < -0.3 is 4.74 Å². The van der Waals surface area contributed by atoms with Crippen LogP contribution in [0.4, 0.5) is 0 Å². The third kappa shape index (κ3) is 2.47. The molecule has 19 heavy (non-hydrogen) atoms. The Balaban J connectivity index is 2.31. The van der Waals surface area contributed by atoms with Gasteiger partial charge in [0.05, 0.1) is 12.8 Å². The smallest absolute Gasteiger partial charge is 0.243 e. The van der Waals surface area contributed by atoms with E-state index in [9.17, 15) is 4.79 Å². The van der Waals surface area contributed by atoms with Crippen LogP contribution >= 0.6 is 0 Å². The van der Waals surface area contributed by atoms with Crippen LogP contribution in [0.5, 0.6) is 5.88 Å². The van der Waals surface area contributed by atoms with Crippen LogP contribution in [0.3, 0.4) is 0 Å². The molecule has 100 valence electrons. The second-order valence-electron chi connectivity index (χ2n) is 4.29. The van der Waals surface area contributed by atoms with E-state index < -0.39 is 0 Å². The molecular weight excluding hydrogens is 244 g/mol. The molecule has 2 aromatic heterocycles. The average Bonchev–Trinajstić information content (AvgIpc) is 2.65. The zero-order valence-corrected chi connectivity index (χ0v) is 11.5. The highest BCUT2D eigenvalue weighted by atomic mass is 16.5.